The summed E-state index contributed by atoms with van der Waals surface area (Å²) < 4.78 is 5.20. The van der Waals surface area contributed by atoms with Gasteiger partial charge in [0.25, 0.3) is 0 Å². The van der Waals surface area contributed by atoms with Crippen molar-refractivity contribution in [3.05, 3.63) is 41.4 Å². The van der Waals surface area contributed by atoms with Gasteiger partial charge in [0.05, 0.1) is 18.2 Å². The van der Waals surface area contributed by atoms with Crippen molar-refractivity contribution < 1.29 is 9.32 Å². The van der Waals surface area contributed by atoms with Gasteiger partial charge in [-0.2, -0.15) is 0 Å². The van der Waals surface area contributed by atoms with Crippen LogP contribution in [0.4, 0.5) is 5.82 Å². The molecule has 0 bridgehead atoms. The predicted molar refractivity (Wildman–Crippen MR) is 94.4 cm³/mol. The number of rotatable bonds is 3. The molecule has 2 saturated heterocycles. The molecule has 0 radical (unpaired) electrons. The number of amides is 1. The lowest BCUT2D eigenvalue weighted by molar-refractivity contribution is -0.131. The molecule has 2 aliphatic rings. The van der Waals surface area contributed by atoms with Gasteiger partial charge in [0.2, 0.25) is 5.91 Å². The molecule has 0 N–H and O–H groups in total. The van der Waals surface area contributed by atoms with Crippen LogP contribution in [0.2, 0.25) is 0 Å². The number of carbonyl (C=O) groups excluding carboxylic acids is 1. The molecule has 0 aliphatic carbocycles. The minimum Gasteiger partial charge on any atom is -0.361 e. The third kappa shape index (κ3) is 3.01. The highest BCUT2D eigenvalue weighted by Crippen LogP contribution is 2.33. The predicted octanol–water partition coefficient (Wildman–Crippen LogP) is 2.36. The van der Waals surface area contributed by atoms with E-state index in [-0.39, 0.29) is 11.9 Å². The lowest BCUT2D eigenvalue weighted by Crippen LogP contribution is -2.50. The van der Waals surface area contributed by atoms with Gasteiger partial charge in [-0.05, 0) is 44.7 Å². The van der Waals surface area contributed by atoms with E-state index in [0.29, 0.717) is 12.3 Å². The van der Waals surface area contributed by atoms with Crippen molar-refractivity contribution >= 4 is 11.7 Å². The summed E-state index contributed by atoms with van der Waals surface area (Å²) in [5.41, 5.74) is 1.76. The zero-order valence-corrected chi connectivity index (χ0v) is 14.8. The highest BCUT2D eigenvalue weighted by Gasteiger charge is 2.40. The summed E-state index contributed by atoms with van der Waals surface area (Å²) in [6.45, 7) is 6.51. The molecule has 25 heavy (non-hydrogen) atoms. The van der Waals surface area contributed by atoms with E-state index in [2.05, 4.69) is 19.9 Å². The fraction of sp³-hybridized carbons (Fsp3) is 0.526. The van der Waals surface area contributed by atoms with Crippen molar-refractivity contribution in [1.82, 2.24) is 15.0 Å². The number of anilines is 1. The molecular formula is C19H24N4O2. The van der Waals surface area contributed by atoms with Crippen LogP contribution in [0.25, 0.3) is 0 Å². The van der Waals surface area contributed by atoms with E-state index in [9.17, 15) is 4.79 Å². The number of piperidine rings is 1. The maximum atomic E-state index is 12.9. The van der Waals surface area contributed by atoms with Crippen LogP contribution in [0.1, 0.15) is 29.9 Å². The molecule has 4 rings (SSSR count). The molecule has 132 valence electrons. The number of likely N-dealkylation sites (tertiary alicyclic amines) is 1. The first-order chi connectivity index (χ1) is 12.1. The van der Waals surface area contributed by atoms with Gasteiger partial charge in [-0.3, -0.25) is 4.79 Å². The topological polar surface area (TPSA) is 62.5 Å². The number of aryl methyl sites for hydroxylation is 2. The van der Waals surface area contributed by atoms with Gasteiger partial charge in [-0.25, -0.2) is 4.98 Å². The number of fused-ring (bicyclic) bond motifs is 1. The first-order valence-electron chi connectivity index (χ1n) is 9.00. The molecule has 4 heterocycles. The highest BCUT2D eigenvalue weighted by molar-refractivity contribution is 5.80. The number of hydrogen-bond donors (Lipinski definition) is 0. The Morgan fingerprint density at radius 2 is 2.12 bits per heavy atom. The Morgan fingerprint density at radius 1 is 1.28 bits per heavy atom. The average molecular weight is 340 g/mol. The third-order valence-corrected chi connectivity index (χ3v) is 5.67. The van der Waals surface area contributed by atoms with Crippen molar-refractivity contribution in [3.8, 4) is 0 Å². The smallest absolute Gasteiger partial charge is 0.227 e. The Morgan fingerprint density at radius 3 is 2.84 bits per heavy atom. The second-order valence-corrected chi connectivity index (χ2v) is 7.11. The Labute approximate surface area is 147 Å². The fourth-order valence-electron chi connectivity index (χ4n) is 4.21. The second kappa shape index (κ2) is 6.50. The first kappa shape index (κ1) is 16.1. The SMILES string of the molecule is Cc1noc(C)c1CC(=O)N1CCC2CCN(c3ccccn3)CC21. The molecule has 1 amide bonds. The Bertz CT molecular complexity index is 739. The summed E-state index contributed by atoms with van der Waals surface area (Å²) >= 11 is 0. The van der Waals surface area contributed by atoms with Gasteiger partial charge < -0.3 is 14.3 Å². The zero-order valence-electron chi connectivity index (χ0n) is 14.8. The van der Waals surface area contributed by atoms with Crippen molar-refractivity contribution in [3.63, 3.8) is 0 Å². The number of hydrogen-bond acceptors (Lipinski definition) is 5. The molecular weight excluding hydrogens is 316 g/mol. The number of carbonyl (C=O) groups is 1. The van der Waals surface area contributed by atoms with Crippen LogP contribution in [-0.4, -0.2) is 46.6 Å². The van der Waals surface area contributed by atoms with Gasteiger partial charge in [-0.15, -0.1) is 0 Å². The lowest BCUT2D eigenvalue weighted by Gasteiger charge is -2.39. The average Bonchev–Trinajstić information content (AvgIpc) is 3.20. The van der Waals surface area contributed by atoms with Gasteiger partial charge in [0.15, 0.2) is 0 Å². The molecule has 0 saturated carbocycles. The van der Waals surface area contributed by atoms with Crippen LogP contribution >= 0.6 is 0 Å². The minimum atomic E-state index is 0.185. The Kier molecular flexibility index (Phi) is 4.19. The van der Waals surface area contributed by atoms with E-state index >= 15 is 0 Å². The van der Waals surface area contributed by atoms with E-state index < -0.39 is 0 Å². The Hall–Kier alpha value is -2.37. The highest BCUT2D eigenvalue weighted by atomic mass is 16.5. The molecule has 2 aromatic heterocycles. The van der Waals surface area contributed by atoms with Gasteiger partial charge in [-0.1, -0.05) is 11.2 Å². The van der Waals surface area contributed by atoms with E-state index in [1.807, 2.05) is 38.2 Å². The molecule has 2 unspecified atom stereocenters. The van der Waals surface area contributed by atoms with Crippen molar-refractivity contribution in [2.45, 2.75) is 39.2 Å². The Balaban J connectivity index is 1.48. The molecule has 2 atom stereocenters. The molecule has 2 aliphatic heterocycles. The molecule has 0 spiro atoms. The van der Waals surface area contributed by atoms with E-state index in [4.69, 9.17) is 4.52 Å². The summed E-state index contributed by atoms with van der Waals surface area (Å²) in [6, 6.07) is 6.28. The molecule has 0 aromatic carbocycles. The van der Waals surface area contributed by atoms with Crippen molar-refractivity contribution in [2.75, 3.05) is 24.5 Å². The van der Waals surface area contributed by atoms with Crippen LogP contribution in [0, 0.1) is 19.8 Å². The zero-order chi connectivity index (χ0) is 17.4. The standard InChI is InChI=1S/C19H24N4O2/c1-13-16(14(2)25-21-13)11-19(24)23-10-7-15-6-9-22(12-17(15)23)18-5-3-4-8-20-18/h3-5,8,15,17H,6-7,9-12H2,1-2H3. The van der Waals surface area contributed by atoms with Crippen LogP contribution in [-0.2, 0) is 11.2 Å². The van der Waals surface area contributed by atoms with E-state index in [1.54, 1.807) is 0 Å². The normalized spacial score (nSPS) is 23.0. The summed E-state index contributed by atoms with van der Waals surface area (Å²) in [7, 11) is 0. The fourth-order valence-corrected chi connectivity index (χ4v) is 4.21. The second-order valence-electron chi connectivity index (χ2n) is 7.11. The summed E-state index contributed by atoms with van der Waals surface area (Å²) in [5.74, 6) is 2.55. The number of aromatic nitrogens is 2. The summed E-state index contributed by atoms with van der Waals surface area (Å²) in [5, 5.41) is 3.97. The summed E-state index contributed by atoms with van der Waals surface area (Å²) in [4.78, 5) is 21.8. The van der Waals surface area contributed by atoms with E-state index in [1.165, 1.54) is 0 Å². The van der Waals surface area contributed by atoms with Crippen LogP contribution in [0.3, 0.4) is 0 Å². The lowest BCUT2D eigenvalue weighted by atomic mass is 9.92. The maximum absolute atomic E-state index is 12.9. The van der Waals surface area contributed by atoms with Gasteiger partial charge in [0, 0.05) is 31.4 Å². The molecule has 6 nitrogen and oxygen atoms in total. The largest absolute Gasteiger partial charge is 0.361 e. The number of nitrogens with zero attached hydrogens (tertiary/aromatic N) is 4. The summed E-state index contributed by atoms with van der Waals surface area (Å²) in [6.07, 6.45) is 4.44. The van der Waals surface area contributed by atoms with Gasteiger partial charge in [0.1, 0.15) is 11.6 Å². The van der Waals surface area contributed by atoms with Crippen LogP contribution in [0.15, 0.2) is 28.9 Å². The van der Waals surface area contributed by atoms with Gasteiger partial charge >= 0.3 is 0 Å². The minimum absolute atomic E-state index is 0.185. The molecule has 6 heteroatoms. The molecule has 2 fully saturated rings. The van der Waals surface area contributed by atoms with E-state index in [0.717, 1.165) is 55.3 Å². The van der Waals surface area contributed by atoms with Crippen molar-refractivity contribution in [2.24, 2.45) is 5.92 Å². The third-order valence-electron chi connectivity index (χ3n) is 5.67. The quantitative estimate of drug-likeness (QED) is 0.858. The van der Waals surface area contributed by atoms with Crippen LogP contribution in [0.5, 0.6) is 0 Å². The van der Waals surface area contributed by atoms with Crippen LogP contribution < -0.4 is 4.90 Å². The monoisotopic (exact) mass is 340 g/mol. The number of pyridine rings is 1. The first-order valence-corrected chi connectivity index (χ1v) is 9.00. The van der Waals surface area contributed by atoms with Crippen molar-refractivity contribution in [1.29, 1.82) is 0 Å². The maximum Gasteiger partial charge on any atom is 0.227 e. The molecule has 2 aromatic rings.